The fourth-order valence-electron chi connectivity index (χ4n) is 4.02. The fraction of sp³-hybridized carbons (Fsp3) is 0.500. The Morgan fingerprint density at radius 1 is 1.44 bits per heavy atom. The molecule has 4 rings (SSSR count). The predicted molar refractivity (Wildman–Crippen MR) is 95.5 cm³/mol. The molecule has 6 nitrogen and oxygen atoms in total. The number of carbonyl (C=O) groups is 1. The van der Waals surface area contributed by atoms with Crippen molar-refractivity contribution in [3.63, 3.8) is 0 Å². The zero-order chi connectivity index (χ0) is 17.4. The van der Waals surface area contributed by atoms with Crippen LogP contribution in [0.1, 0.15) is 34.6 Å². The van der Waals surface area contributed by atoms with Gasteiger partial charge in [0.25, 0.3) is 5.91 Å². The van der Waals surface area contributed by atoms with Gasteiger partial charge >= 0.3 is 0 Å². The lowest BCUT2D eigenvalue weighted by molar-refractivity contribution is 0.0657. The number of piperidine rings is 1. The molecule has 2 aliphatic rings. The summed E-state index contributed by atoms with van der Waals surface area (Å²) in [5.74, 6) is -0.00279. The van der Waals surface area contributed by atoms with Crippen molar-refractivity contribution in [1.29, 1.82) is 0 Å². The molecule has 1 saturated carbocycles. The van der Waals surface area contributed by atoms with Gasteiger partial charge in [-0.15, -0.1) is 11.3 Å². The zero-order valence-electron chi connectivity index (χ0n) is 14.3. The molecule has 0 radical (unpaired) electrons. The first kappa shape index (κ1) is 16.5. The van der Waals surface area contributed by atoms with Crippen LogP contribution in [0, 0.1) is 5.41 Å². The first-order chi connectivity index (χ1) is 12.1. The van der Waals surface area contributed by atoms with Crippen LogP contribution in [0.5, 0.6) is 5.75 Å². The lowest BCUT2D eigenvalue weighted by atomic mass is 9.92. The van der Waals surface area contributed by atoms with E-state index in [0.29, 0.717) is 17.0 Å². The van der Waals surface area contributed by atoms with Gasteiger partial charge in [-0.05, 0) is 37.8 Å². The van der Waals surface area contributed by atoms with Crippen molar-refractivity contribution in [1.82, 2.24) is 19.8 Å². The van der Waals surface area contributed by atoms with Crippen LogP contribution in [0.25, 0.3) is 0 Å². The highest BCUT2D eigenvalue weighted by molar-refractivity contribution is 7.09. The Kier molecular flexibility index (Phi) is 4.21. The third-order valence-electron chi connectivity index (χ3n) is 5.56. The largest absolute Gasteiger partial charge is 0.506 e. The van der Waals surface area contributed by atoms with E-state index in [1.54, 1.807) is 11.3 Å². The summed E-state index contributed by atoms with van der Waals surface area (Å²) in [6, 6.07) is 2.08. The molecule has 2 aromatic rings. The van der Waals surface area contributed by atoms with Crippen molar-refractivity contribution in [3.05, 3.63) is 40.6 Å². The van der Waals surface area contributed by atoms with Crippen molar-refractivity contribution in [3.8, 4) is 5.75 Å². The molecule has 1 atom stereocenters. The van der Waals surface area contributed by atoms with Crippen LogP contribution in [-0.4, -0.2) is 57.0 Å². The predicted octanol–water partition coefficient (Wildman–Crippen LogP) is 2.37. The number of thiazole rings is 1. The summed E-state index contributed by atoms with van der Waals surface area (Å²) in [5.41, 5.74) is 0.823. The molecule has 0 aromatic carbocycles. The third kappa shape index (κ3) is 3.26. The smallest absolute Gasteiger partial charge is 0.255 e. The first-order valence-electron chi connectivity index (χ1n) is 8.59. The van der Waals surface area contributed by atoms with Crippen molar-refractivity contribution in [2.45, 2.75) is 31.8 Å². The van der Waals surface area contributed by atoms with Crippen LogP contribution >= 0.6 is 11.3 Å². The number of carbonyl (C=O) groups excluding carboxylic acids is 1. The summed E-state index contributed by atoms with van der Waals surface area (Å²) in [7, 11) is 2.18. The van der Waals surface area contributed by atoms with Gasteiger partial charge in [-0.1, -0.05) is 0 Å². The molecule has 25 heavy (non-hydrogen) atoms. The maximum atomic E-state index is 12.6. The molecule has 2 aromatic heterocycles. The van der Waals surface area contributed by atoms with Crippen LogP contribution < -0.4 is 0 Å². The molecule has 1 amide bonds. The van der Waals surface area contributed by atoms with Crippen LogP contribution in [0.2, 0.25) is 0 Å². The van der Waals surface area contributed by atoms with Crippen molar-refractivity contribution >= 4 is 17.2 Å². The standard InChI is InChI=1S/C18H22N4O2S/c1-21(12-16-20-4-7-25-16)15-9-18(15)2-5-22(6-3-18)17(24)13-8-14(23)11-19-10-13/h4,7-8,10-11,15,23H,2-3,5-6,9,12H2,1H3. The molecular weight excluding hydrogens is 336 g/mol. The summed E-state index contributed by atoms with van der Waals surface area (Å²) >= 11 is 1.70. The van der Waals surface area contributed by atoms with Gasteiger partial charge in [0, 0.05) is 36.9 Å². The third-order valence-corrected chi connectivity index (χ3v) is 6.33. The van der Waals surface area contributed by atoms with Crippen LogP contribution in [0.3, 0.4) is 0 Å². The van der Waals surface area contributed by atoms with E-state index in [2.05, 4.69) is 21.9 Å². The lowest BCUT2D eigenvalue weighted by Gasteiger charge is -2.34. The Labute approximate surface area is 151 Å². The Hall–Kier alpha value is -1.99. The summed E-state index contributed by atoms with van der Waals surface area (Å²) in [6.07, 6.45) is 8.01. The average molecular weight is 358 g/mol. The number of amides is 1. The molecule has 1 aliphatic heterocycles. The minimum Gasteiger partial charge on any atom is -0.506 e. The van der Waals surface area contributed by atoms with E-state index in [1.165, 1.54) is 24.9 Å². The minimum atomic E-state index is -0.0356. The normalized spacial score (nSPS) is 21.7. The monoisotopic (exact) mass is 358 g/mol. The number of likely N-dealkylation sites (tertiary alicyclic amines) is 1. The van der Waals surface area contributed by atoms with Crippen LogP contribution in [0.4, 0.5) is 0 Å². The first-order valence-corrected chi connectivity index (χ1v) is 9.47. The number of hydrogen-bond acceptors (Lipinski definition) is 6. The fourth-order valence-corrected chi connectivity index (χ4v) is 4.70. The van der Waals surface area contributed by atoms with Gasteiger partial charge in [0.1, 0.15) is 10.8 Å². The van der Waals surface area contributed by atoms with E-state index in [0.717, 1.165) is 37.5 Å². The number of aromatic nitrogens is 2. The molecule has 3 heterocycles. The molecule has 2 fully saturated rings. The molecule has 1 N–H and O–H groups in total. The van der Waals surface area contributed by atoms with E-state index < -0.39 is 0 Å². The van der Waals surface area contributed by atoms with Gasteiger partial charge in [-0.3, -0.25) is 14.7 Å². The Morgan fingerprint density at radius 2 is 2.24 bits per heavy atom. The maximum absolute atomic E-state index is 12.6. The molecule has 1 unspecified atom stereocenters. The van der Waals surface area contributed by atoms with E-state index in [4.69, 9.17) is 0 Å². The molecular formula is C18H22N4O2S. The minimum absolute atomic E-state index is 0.0328. The second kappa shape index (κ2) is 6.38. The summed E-state index contributed by atoms with van der Waals surface area (Å²) in [6.45, 7) is 2.45. The second-order valence-electron chi connectivity index (χ2n) is 7.15. The topological polar surface area (TPSA) is 69.6 Å². The van der Waals surface area contributed by atoms with E-state index in [-0.39, 0.29) is 11.7 Å². The van der Waals surface area contributed by atoms with E-state index >= 15 is 0 Å². The number of pyridine rings is 1. The number of hydrogen-bond donors (Lipinski definition) is 1. The van der Waals surface area contributed by atoms with Gasteiger partial charge < -0.3 is 10.0 Å². The van der Waals surface area contributed by atoms with Gasteiger partial charge in [0.05, 0.1) is 18.3 Å². The van der Waals surface area contributed by atoms with Crippen molar-refractivity contribution in [2.75, 3.05) is 20.1 Å². The van der Waals surface area contributed by atoms with Gasteiger partial charge in [-0.2, -0.15) is 0 Å². The quantitative estimate of drug-likeness (QED) is 0.909. The van der Waals surface area contributed by atoms with Crippen LogP contribution in [-0.2, 0) is 6.54 Å². The number of rotatable bonds is 4. The Balaban J connectivity index is 1.34. The summed E-state index contributed by atoms with van der Waals surface area (Å²) in [4.78, 5) is 25.1. The SMILES string of the molecule is CN(Cc1nccs1)C1CC12CCN(C(=O)c1cncc(O)c1)CC2. The average Bonchev–Trinajstić information content (AvgIpc) is 3.06. The van der Waals surface area contributed by atoms with E-state index in [9.17, 15) is 9.90 Å². The molecule has 0 bridgehead atoms. The highest BCUT2D eigenvalue weighted by atomic mass is 32.1. The molecule has 132 valence electrons. The number of nitrogens with zero attached hydrogens (tertiary/aromatic N) is 4. The Morgan fingerprint density at radius 3 is 2.92 bits per heavy atom. The van der Waals surface area contributed by atoms with Gasteiger partial charge in [-0.25, -0.2) is 4.98 Å². The molecule has 1 aliphatic carbocycles. The van der Waals surface area contributed by atoms with Crippen molar-refractivity contribution < 1.29 is 9.90 Å². The maximum Gasteiger partial charge on any atom is 0.255 e. The van der Waals surface area contributed by atoms with Gasteiger partial charge in [0.2, 0.25) is 0 Å². The van der Waals surface area contributed by atoms with Gasteiger partial charge in [0.15, 0.2) is 0 Å². The molecule has 7 heteroatoms. The molecule has 1 spiro atoms. The highest BCUT2D eigenvalue weighted by Gasteiger charge is 2.56. The zero-order valence-corrected chi connectivity index (χ0v) is 15.1. The summed E-state index contributed by atoms with van der Waals surface area (Å²) in [5, 5.41) is 12.7. The molecule has 1 saturated heterocycles. The highest BCUT2D eigenvalue weighted by Crippen LogP contribution is 2.56. The van der Waals surface area contributed by atoms with E-state index in [1.807, 2.05) is 16.5 Å². The van der Waals surface area contributed by atoms with Crippen LogP contribution in [0.15, 0.2) is 30.0 Å². The summed E-state index contributed by atoms with van der Waals surface area (Å²) < 4.78 is 0. The number of aromatic hydroxyl groups is 1. The Bertz CT molecular complexity index is 756. The second-order valence-corrected chi connectivity index (χ2v) is 8.13. The lowest BCUT2D eigenvalue weighted by Crippen LogP contribution is -2.41. The van der Waals surface area contributed by atoms with Crippen molar-refractivity contribution in [2.24, 2.45) is 5.41 Å².